The van der Waals surface area contributed by atoms with Crippen molar-refractivity contribution in [2.75, 3.05) is 18.8 Å². The van der Waals surface area contributed by atoms with Gasteiger partial charge in [-0.25, -0.2) is 8.42 Å². The largest absolute Gasteiger partial charge is 0.482 e. The van der Waals surface area contributed by atoms with Gasteiger partial charge in [0, 0.05) is 18.0 Å². The van der Waals surface area contributed by atoms with Gasteiger partial charge in [0.15, 0.2) is 21.3 Å². The van der Waals surface area contributed by atoms with E-state index in [-0.39, 0.29) is 18.2 Å². The highest BCUT2D eigenvalue weighted by molar-refractivity contribution is 7.91. The quantitative estimate of drug-likeness (QED) is 0.765. The zero-order valence-corrected chi connectivity index (χ0v) is 16.5. The minimum atomic E-state index is -3.30. The normalized spacial score (nSPS) is 27.0. The van der Waals surface area contributed by atoms with Gasteiger partial charge in [-0.15, -0.1) is 11.3 Å². The second-order valence-electron chi connectivity index (χ2n) is 6.79. The molecule has 1 aromatic carbocycles. The van der Waals surface area contributed by atoms with E-state index < -0.39 is 27.3 Å². The second kappa shape index (κ2) is 7.16. The number of benzene rings is 1. The Labute approximate surface area is 162 Å². The van der Waals surface area contributed by atoms with Crippen LogP contribution in [0.3, 0.4) is 0 Å². The Morgan fingerprint density at radius 1 is 1.11 bits per heavy atom. The number of fused-ring (bicyclic) bond motifs is 1. The Balaban J connectivity index is 1.52. The first-order valence-corrected chi connectivity index (χ1v) is 11.5. The number of hydrogen-bond donors (Lipinski definition) is 0. The maximum Gasteiger partial charge on any atom is 0.267 e. The standard InChI is InChI=1S/C19H21NO5S2/c1-13-18(25-15-6-3-2-5-14(15)24-13)19(21)20-9-8-17(16-7-4-11-26-16)27(22,23)12-10-20/h2-7,11,13,17-18H,8-10,12H2,1H3. The molecule has 8 heteroatoms. The van der Waals surface area contributed by atoms with E-state index in [1.807, 2.05) is 29.6 Å². The van der Waals surface area contributed by atoms with E-state index in [4.69, 9.17) is 9.47 Å². The molecule has 1 aromatic heterocycles. The summed E-state index contributed by atoms with van der Waals surface area (Å²) in [6, 6.07) is 10.9. The van der Waals surface area contributed by atoms with Gasteiger partial charge in [-0.3, -0.25) is 4.79 Å². The third-order valence-corrected chi connectivity index (χ3v) is 8.24. The number of sulfone groups is 1. The van der Waals surface area contributed by atoms with Crippen LogP contribution < -0.4 is 9.47 Å². The van der Waals surface area contributed by atoms with Gasteiger partial charge in [0.2, 0.25) is 6.10 Å². The van der Waals surface area contributed by atoms with Gasteiger partial charge >= 0.3 is 0 Å². The summed E-state index contributed by atoms with van der Waals surface area (Å²) in [6.45, 7) is 2.35. The first-order valence-electron chi connectivity index (χ1n) is 8.92. The third kappa shape index (κ3) is 3.55. The van der Waals surface area contributed by atoms with Crippen LogP contribution in [0.15, 0.2) is 41.8 Å². The maximum atomic E-state index is 13.1. The molecule has 3 heterocycles. The molecule has 0 spiro atoms. The van der Waals surface area contributed by atoms with Crippen molar-refractivity contribution in [2.24, 2.45) is 0 Å². The third-order valence-electron chi connectivity index (χ3n) is 5.00. The summed E-state index contributed by atoms with van der Waals surface area (Å²) in [6.07, 6.45) is -0.825. The van der Waals surface area contributed by atoms with Gasteiger partial charge in [0.1, 0.15) is 6.10 Å². The van der Waals surface area contributed by atoms with Crippen LogP contribution in [0, 0.1) is 0 Å². The Hall–Kier alpha value is -2.06. The van der Waals surface area contributed by atoms with E-state index in [0.29, 0.717) is 24.5 Å². The van der Waals surface area contributed by atoms with Crippen molar-refractivity contribution in [3.63, 3.8) is 0 Å². The molecule has 2 aliphatic rings. The highest BCUT2D eigenvalue weighted by atomic mass is 32.2. The van der Waals surface area contributed by atoms with Gasteiger partial charge in [-0.2, -0.15) is 0 Å². The molecule has 0 aliphatic carbocycles. The molecule has 1 amide bonds. The van der Waals surface area contributed by atoms with Gasteiger partial charge in [-0.05, 0) is 36.9 Å². The Bertz CT molecular complexity index is 925. The summed E-state index contributed by atoms with van der Waals surface area (Å²) in [7, 11) is -3.30. The van der Waals surface area contributed by atoms with Crippen LogP contribution in [0.25, 0.3) is 0 Å². The average molecular weight is 408 g/mol. The minimum absolute atomic E-state index is 0.0418. The monoisotopic (exact) mass is 407 g/mol. The molecule has 0 radical (unpaired) electrons. The topological polar surface area (TPSA) is 72.9 Å². The van der Waals surface area contributed by atoms with E-state index in [1.165, 1.54) is 11.3 Å². The van der Waals surface area contributed by atoms with Crippen molar-refractivity contribution >= 4 is 27.1 Å². The van der Waals surface area contributed by atoms with Gasteiger partial charge in [0.25, 0.3) is 5.91 Å². The van der Waals surface area contributed by atoms with Crippen LogP contribution in [-0.2, 0) is 14.6 Å². The van der Waals surface area contributed by atoms with E-state index >= 15 is 0 Å². The van der Waals surface area contributed by atoms with Crippen LogP contribution in [0.4, 0.5) is 0 Å². The highest BCUT2D eigenvalue weighted by Gasteiger charge is 2.39. The molecular formula is C19H21NO5S2. The molecule has 3 atom stereocenters. The molecule has 144 valence electrons. The number of rotatable bonds is 2. The first-order chi connectivity index (χ1) is 13.0. The SMILES string of the molecule is CC1Oc2ccccc2OC1C(=O)N1CCC(c2cccs2)S(=O)(=O)CC1. The molecule has 27 heavy (non-hydrogen) atoms. The van der Waals surface area contributed by atoms with E-state index in [0.717, 1.165) is 4.88 Å². The molecule has 3 unspecified atom stereocenters. The Kier molecular flexibility index (Phi) is 4.86. The number of thiophene rings is 1. The zero-order chi connectivity index (χ0) is 19.0. The number of para-hydroxylation sites is 2. The summed E-state index contributed by atoms with van der Waals surface area (Å²) in [5.74, 6) is 0.886. The lowest BCUT2D eigenvalue weighted by molar-refractivity contribution is -0.144. The molecule has 0 saturated carbocycles. The van der Waals surface area contributed by atoms with Crippen molar-refractivity contribution in [3.8, 4) is 11.5 Å². The van der Waals surface area contributed by atoms with Crippen LogP contribution in [0.2, 0.25) is 0 Å². The van der Waals surface area contributed by atoms with Gasteiger partial charge in [-0.1, -0.05) is 18.2 Å². The van der Waals surface area contributed by atoms with Crippen LogP contribution in [-0.4, -0.2) is 50.3 Å². The maximum absolute atomic E-state index is 13.1. The first kappa shape index (κ1) is 18.3. The minimum Gasteiger partial charge on any atom is -0.482 e. The number of nitrogens with zero attached hydrogens (tertiary/aromatic N) is 1. The number of ether oxygens (including phenoxy) is 2. The fourth-order valence-electron chi connectivity index (χ4n) is 3.53. The summed E-state index contributed by atoms with van der Waals surface area (Å²) in [4.78, 5) is 15.5. The zero-order valence-electron chi connectivity index (χ0n) is 14.9. The molecule has 2 aromatic rings. The second-order valence-corrected chi connectivity index (χ2v) is 10.1. The fraction of sp³-hybridized carbons (Fsp3) is 0.421. The van der Waals surface area contributed by atoms with Crippen molar-refractivity contribution in [2.45, 2.75) is 30.8 Å². The smallest absolute Gasteiger partial charge is 0.267 e. The van der Waals surface area contributed by atoms with Crippen LogP contribution in [0.1, 0.15) is 23.5 Å². The predicted octanol–water partition coefficient (Wildman–Crippen LogP) is 2.66. The Morgan fingerprint density at radius 3 is 2.56 bits per heavy atom. The number of carbonyl (C=O) groups is 1. The van der Waals surface area contributed by atoms with Crippen LogP contribution in [0.5, 0.6) is 11.5 Å². The summed E-state index contributed by atoms with van der Waals surface area (Å²) < 4.78 is 37.1. The fourth-order valence-corrected chi connectivity index (χ4v) is 6.53. The molecule has 0 bridgehead atoms. The lowest BCUT2D eigenvalue weighted by atomic mass is 10.1. The average Bonchev–Trinajstić information content (AvgIpc) is 3.12. The molecule has 1 fully saturated rings. The summed E-state index contributed by atoms with van der Waals surface area (Å²) in [5.41, 5.74) is 0. The number of amides is 1. The molecular weight excluding hydrogens is 386 g/mol. The lowest BCUT2D eigenvalue weighted by Crippen LogP contribution is -2.51. The van der Waals surface area contributed by atoms with Crippen molar-refractivity contribution in [1.82, 2.24) is 4.90 Å². The van der Waals surface area contributed by atoms with Crippen molar-refractivity contribution in [1.29, 1.82) is 0 Å². The Morgan fingerprint density at radius 2 is 1.85 bits per heavy atom. The number of hydrogen-bond acceptors (Lipinski definition) is 6. The van der Waals surface area contributed by atoms with Crippen LogP contribution >= 0.6 is 11.3 Å². The summed E-state index contributed by atoms with van der Waals surface area (Å²) >= 11 is 1.44. The molecule has 1 saturated heterocycles. The van der Waals surface area contributed by atoms with Gasteiger partial charge < -0.3 is 14.4 Å². The molecule has 0 N–H and O–H groups in total. The molecule has 6 nitrogen and oxygen atoms in total. The van der Waals surface area contributed by atoms with Crippen molar-refractivity contribution < 1.29 is 22.7 Å². The van der Waals surface area contributed by atoms with E-state index in [2.05, 4.69) is 0 Å². The molecule has 4 rings (SSSR count). The van der Waals surface area contributed by atoms with Crippen molar-refractivity contribution in [3.05, 3.63) is 46.7 Å². The van der Waals surface area contributed by atoms with Gasteiger partial charge in [0.05, 0.1) is 11.0 Å². The highest BCUT2D eigenvalue weighted by Crippen LogP contribution is 2.35. The lowest BCUT2D eigenvalue weighted by Gasteiger charge is -2.34. The molecule has 2 aliphatic heterocycles. The summed E-state index contributed by atoms with van der Waals surface area (Å²) in [5, 5.41) is 1.34. The van der Waals surface area contributed by atoms with E-state index in [1.54, 1.807) is 24.0 Å². The number of carbonyl (C=O) groups excluding carboxylic acids is 1. The predicted molar refractivity (Wildman–Crippen MR) is 103 cm³/mol. The van der Waals surface area contributed by atoms with E-state index in [9.17, 15) is 13.2 Å².